The molecule has 1 heterocycles. The second-order valence-electron chi connectivity index (χ2n) is 10.2. The van der Waals surface area contributed by atoms with E-state index in [1.807, 2.05) is 0 Å². The Hall–Kier alpha value is -1.47. The molecule has 0 radical (unpaired) electrons. The van der Waals surface area contributed by atoms with Gasteiger partial charge in [0.05, 0.1) is 0 Å². The normalized spacial score (nSPS) is 14.1. The number of aliphatic hydroxyl groups is 1. The van der Waals surface area contributed by atoms with Crippen LogP contribution in [-0.4, -0.2) is 24.6 Å². The quantitative estimate of drug-likeness (QED) is 0.248. The van der Waals surface area contributed by atoms with Gasteiger partial charge in [0.2, 0.25) is 0 Å². The minimum absolute atomic E-state index is 0. The summed E-state index contributed by atoms with van der Waals surface area (Å²) in [5, 5.41) is 6.52. The molecule has 1 aliphatic rings. The van der Waals surface area contributed by atoms with Crippen molar-refractivity contribution in [3.63, 3.8) is 0 Å². The Morgan fingerprint density at radius 3 is 1.09 bits per heavy atom. The van der Waals surface area contributed by atoms with E-state index in [-0.39, 0.29) is 22.4 Å². The average Bonchev–Trinajstić information content (AvgIpc) is 3.20. The zero-order valence-electron chi connectivity index (χ0n) is 22.0. The fraction of sp³-hybridized carbons (Fsp3) is 0.536. The molecule has 3 nitrogen and oxygen atoms in total. The summed E-state index contributed by atoms with van der Waals surface area (Å²) in [7, 11) is 0. The number of anilines is 2. The van der Waals surface area contributed by atoms with E-state index in [9.17, 15) is 13.2 Å². The van der Waals surface area contributed by atoms with Crippen LogP contribution in [0.5, 0.6) is 0 Å². The number of nitrogens with zero attached hydrogens (tertiary/aromatic N) is 2. The van der Waals surface area contributed by atoms with Gasteiger partial charge in [-0.25, -0.2) is 0 Å². The van der Waals surface area contributed by atoms with E-state index in [1.165, 1.54) is 33.6 Å². The van der Waals surface area contributed by atoms with E-state index in [4.69, 9.17) is 5.11 Å². The maximum atomic E-state index is 9.91. The molecule has 0 atom stereocenters. The van der Waals surface area contributed by atoms with Crippen molar-refractivity contribution < 1.29 is 40.7 Å². The first-order chi connectivity index (χ1) is 15.7. The molecule has 0 aromatic heterocycles. The topological polar surface area (TPSA) is 26.7 Å². The zero-order chi connectivity index (χ0) is 25.8. The van der Waals surface area contributed by atoms with Gasteiger partial charge in [-0.05, 0) is 45.9 Å². The molecular formula is C28H40AuF3N2O. The summed E-state index contributed by atoms with van der Waals surface area (Å²) in [5.74, 6) is 2.06. The van der Waals surface area contributed by atoms with Crippen LogP contribution in [0.1, 0.15) is 101 Å². The average molecular weight is 675 g/mol. The molecule has 2 aromatic rings. The summed E-state index contributed by atoms with van der Waals surface area (Å²) in [6, 6.07) is 13.7. The smallest absolute Gasteiger partial charge is 0.502 e. The van der Waals surface area contributed by atoms with Crippen molar-refractivity contribution in [1.29, 1.82) is 0 Å². The summed E-state index contributed by atoms with van der Waals surface area (Å²) in [6.07, 6.45) is -5.00. The fourth-order valence-electron chi connectivity index (χ4n) is 4.53. The molecule has 1 saturated heterocycles. The van der Waals surface area contributed by atoms with Crippen molar-refractivity contribution in [1.82, 2.24) is 0 Å². The van der Waals surface area contributed by atoms with Crippen molar-refractivity contribution in [2.75, 3.05) is 22.9 Å². The second kappa shape index (κ2) is 13.2. The third-order valence-electron chi connectivity index (χ3n) is 6.12. The molecule has 0 unspecified atom stereocenters. The number of hydrogen-bond donors (Lipinski definition) is 1. The summed E-state index contributed by atoms with van der Waals surface area (Å²) in [4.78, 5) is 5.01. The summed E-state index contributed by atoms with van der Waals surface area (Å²) >= 11 is 0. The van der Waals surface area contributed by atoms with Crippen LogP contribution in [0.4, 0.5) is 24.5 Å². The third kappa shape index (κ3) is 8.56. The van der Waals surface area contributed by atoms with Gasteiger partial charge < -0.3 is 14.9 Å². The molecule has 1 N–H and O–H groups in total. The van der Waals surface area contributed by atoms with Gasteiger partial charge in [-0.2, -0.15) is 6.67 Å². The van der Waals surface area contributed by atoms with Gasteiger partial charge in [-0.1, -0.05) is 91.8 Å². The molecule has 2 aromatic carbocycles. The van der Waals surface area contributed by atoms with Gasteiger partial charge in [-0.15, -0.1) is 13.2 Å². The molecule has 0 bridgehead atoms. The Labute approximate surface area is 225 Å². The van der Waals surface area contributed by atoms with Gasteiger partial charge in [-0.3, -0.25) is 0 Å². The van der Waals surface area contributed by atoms with E-state index in [0.717, 1.165) is 13.1 Å². The summed E-state index contributed by atoms with van der Waals surface area (Å²) in [6.45, 7) is 22.9. The first-order valence-electron chi connectivity index (χ1n) is 12.1. The van der Waals surface area contributed by atoms with Crippen molar-refractivity contribution >= 4 is 11.4 Å². The SMILES string of the molecule is CC(C)c1cccc(C(C)C)c1N1[CH-]N(c2c(C(C)C)cccc2C(C)C)CC1.OC(F)(F)F.[Au+]. The fourth-order valence-corrected chi connectivity index (χ4v) is 4.53. The minimum Gasteiger partial charge on any atom is -0.502 e. The van der Waals surface area contributed by atoms with Crippen LogP contribution >= 0.6 is 0 Å². The summed E-state index contributed by atoms with van der Waals surface area (Å²) in [5.41, 5.74) is 8.67. The van der Waals surface area contributed by atoms with Crippen molar-refractivity contribution in [3.05, 3.63) is 65.3 Å². The number of hydrogen-bond acceptors (Lipinski definition) is 3. The molecule has 7 heteroatoms. The van der Waals surface area contributed by atoms with Crippen LogP contribution in [0.2, 0.25) is 0 Å². The molecule has 200 valence electrons. The molecule has 3 rings (SSSR count). The Bertz CT molecular complexity index is 814. The largest absolute Gasteiger partial charge is 1.00 e. The number of rotatable bonds is 6. The van der Waals surface area contributed by atoms with Crippen LogP contribution in [0.25, 0.3) is 0 Å². The summed E-state index contributed by atoms with van der Waals surface area (Å²) < 4.78 is 29.7. The second-order valence-corrected chi connectivity index (χ2v) is 10.2. The van der Waals surface area contributed by atoms with Gasteiger partial charge in [0.25, 0.3) is 0 Å². The van der Waals surface area contributed by atoms with Crippen molar-refractivity contribution in [2.45, 2.75) is 85.4 Å². The minimum atomic E-state index is -5.00. The Balaban J connectivity index is 0.000000927. The van der Waals surface area contributed by atoms with Crippen molar-refractivity contribution in [2.24, 2.45) is 0 Å². The molecule has 1 fully saturated rings. The van der Waals surface area contributed by atoms with E-state index in [1.54, 1.807) is 0 Å². The van der Waals surface area contributed by atoms with Crippen LogP contribution in [0.15, 0.2) is 36.4 Å². The van der Waals surface area contributed by atoms with E-state index in [0.29, 0.717) is 23.7 Å². The van der Waals surface area contributed by atoms with Crippen LogP contribution in [-0.2, 0) is 22.4 Å². The Morgan fingerprint density at radius 2 is 0.886 bits per heavy atom. The van der Waals surface area contributed by atoms with E-state index in [2.05, 4.69) is 108 Å². The van der Waals surface area contributed by atoms with Crippen molar-refractivity contribution in [3.8, 4) is 0 Å². The van der Waals surface area contributed by atoms with Crippen LogP contribution in [0.3, 0.4) is 0 Å². The monoisotopic (exact) mass is 674 g/mol. The maximum absolute atomic E-state index is 9.91. The molecule has 0 spiro atoms. The van der Waals surface area contributed by atoms with E-state index >= 15 is 0 Å². The van der Waals surface area contributed by atoms with Gasteiger partial charge in [0, 0.05) is 24.5 Å². The Morgan fingerprint density at radius 1 is 0.657 bits per heavy atom. The Kier molecular flexibility index (Phi) is 11.9. The standard InChI is InChI=1S/C27H39N2.CHF3O.Au/c1-18(2)22-11-9-12-23(19(3)4)26(22)28-15-16-29(17-28)27-24(20(5)6)13-10-14-25(27)21(7)8;2-1(3,4)5;/h9-14,17-21H,15-16H2,1-8H3;5H;/q-1;;+1. The number of para-hydroxylation sites is 2. The van der Waals surface area contributed by atoms with Gasteiger partial charge in [0.15, 0.2) is 0 Å². The number of benzene rings is 2. The van der Waals surface area contributed by atoms with Gasteiger partial charge >= 0.3 is 28.7 Å². The molecule has 0 aliphatic carbocycles. The molecule has 0 amide bonds. The molecule has 1 aliphatic heterocycles. The number of halogens is 3. The predicted molar refractivity (Wildman–Crippen MR) is 137 cm³/mol. The molecular weight excluding hydrogens is 634 g/mol. The van der Waals surface area contributed by atoms with Gasteiger partial charge in [0.1, 0.15) is 0 Å². The maximum Gasteiger partial charge on any atom is 1.00 e. The number of alkyl halides is 3. The van der Waals surface area contributed by atoms with Crippen LogP contribution in [0, 0.1) is 6.67 Å². The first-order valence-corrected chi connectivity index (χ1v) is 12.1. The third-order valence-corrected chi connectivity index (χ3v) is 6.12. The van der Waals surface area contributed by atoms with Crippen LogP contribution < -0.4 is 9.80 Å². The zero-order valence-corrected chi connectivity index (χ0v) is 24.2. The molecule has 35 heavy (non-hydrogen) atoms. The first kappa shape index (κ1) is 31.6. The molecule has 0 saturated carbocycles. The predicted octanol–water partition coefficient (Wildman–Crippen LogP) is 8.12. The van der Waals surface area contributed by atoms with E-state index < -0.39 is 6.36 Å².